The molecule has 0 fully saturated rings. The smallest absolute Gasteiger partial charge is 0.300 e. The summed E-state index contributed by atoms with van der Waals surface area (Å²) in [6.07, 6.45) is 11.5. The summed E-state index contributed by atoms with van der Waals surface area (Å²) in [5.41, 5.74) is 0. The summed E-state index contributed by atoms with van der Waals surface area (Å²) < 4.78 is 29.7. The minimum atomic E-state index is -4.36. The van der Waals surface area contributed by atoms with E-state index in [1.54, 1.807) is 0 Å². The van der Waals surface area contributed by atoms with Crippen LogP contribution < -0.4 is 0 Å². The van der Waals surface area contributed by atoms with Gasteiger partial charge in [0.05, 0.1) is 6.61 Å². The zero-order chi connectivity index (χ0) is 15.3. The summed E-state index contributed by atoms with van der Waals surface area (Å²) in [6.45, 7) is 2.27. The second kappa shape index (κ2) is 12.9. The fraction of sp³-hybridized carbons (Fsp3) is 1.00. The maximum atomic E-state index is 11.1. The molecule has 0 saturated heterocycles. The van der Waals surface area contributed by atoms with Crippen molar-refractivity contribution in [3.8, 4) is 0 Å². The summed E-state index contributed by atoms with van der Waals surface area (Å²) in [6, 6.07) is 0. The van der Waals surface area contributed by atoms with Gasteiger partial charge in [-0.3, -0.25) is 9.42 Å². The molecule has 0 amide bonds. The van der Waals surface area contributed by atoms with E-state index < -0.39 is 16.1 Å². The summed E-state index contributed by atoms with van der Waals surface area (Å²) in [4.78, 5) is 17.3. The van der Waals surface area contributed by atoms with Crippen LogP contribution >= 0.6 is 16.1 Å². The summed E-state index contributed by atoms with van der Waals surface area (Å²) in [5.74, 6) is 0. The minimum Gasteiger partial charge on any atom is -0.300 e. The Balaban J connectivity index is 3.28. The van der Waals surface area contributed by atoms with Crippen LogP contribution in [-0.4, -0.2) is 16.4 Å². The first-order valence-corrected chi connectivity index (χ1v) is 9.93. The van der Waals surface area contributed by atoms with Gasteiger partial charge in [-0.25, -0.2) is 4.57 Å². The minimum absolute atomic E-state index is 0.0629. The standard InChI is InChI=1S/C12H26O6P2/c1-2-3-4-5-6-7-8-9-10-11-12-17-20(15,16)18-19(13)14/h2-12H2,1H3,(H-,13,14,15,16)/p+1. The van der Waals surface area contributed by atoms with Crippen LogP contribution in [0.15, 0.2) is 0 Å². The van der Waals surface area contributed by atoms with E-state index in [1.807, 2.05) is 0 Å². The van der Waals surface area contributed by atoms with E-state index in [0.29, 0.717) is 6.42 Å². The van der Waals surface area contributed by atoms with Gasteiger partial charge in [0.25, 0.3) is 0 Å². The van der Waals surface area contributed by atoms with Crippen molar-refractivity contribution in [2.75, 3.05) is 6.61 Å². The highest BCUT2D eigenvalue weighted by molar-refractivity contribution is 7.55. The lowest BCUT2D eigenvalue weighted by molar-refractivity contribution is 0.196. The fourth-order valence-corrected chi connectivity index (χ4v) is 3.14. The van der Waals surface area contributed by atoms with Crippen LogP contribution in [0.4, 0.5) is 0 Å². The van der Waals surface area contributed by atoms with Crippen molar-refractivity contribution in [2.24, 2.45) is 0 Å². The van der Waals surface area contributed by atoms with Gasteiger partial charge in [-0.1, -0.05) is 64.7 Å². The van der Waals surface area contributed by atoms with Crippen LogP contribution in [0.5, 0.6) is 0 Å². The maximum Gasteiger partial charge on any atom is 0.705 e. The largest absolute Gasteiger partial charge is 0.705 e. The Morgan fingerprint density at radius 1 is 0.950 bits per heavy atom. The number of phosphoric ester groups is 1. The van der Waals surface area contributed by atoms with Gasteiger partial charge in [0.15, 0.2) is 0 Å². The zero-order valence-corrected chi connectivity index (χ0v) is 14.0. The Labute approximate surface area is 122 Å². The highest BCUT2D eigenvalue weighted by Gasteiger charge is 2.34. The first kappa shape index (κ1) is 20.2. The van der Waals surface area contributed by atoms with Gasteiger partial charge >= 0.3 is 16.1 Å². The van der Waals surface area contributed by atoms with Crippen molar-refractivity contribution >= 4 is 16.1 Å². The average Bonchev–Trinajstić information content (AvgIpc) is 2.34. The van der Waals surface area contributed by atoms with Gasteiger partial charge in [0.2, 0.25) is 0 Å². The molecular formula is C12H27O6P2+. The molecule has 0 aliphatic carbocycles. The molecule has 0 aromatic heterocycles. The summed E-state index contributed by atoms with van der Waals surface area (Å²) >= 11 is 0. The van der Waals surface area contributed by atoms with Crippen LogP contribution in [-0.2, 0) is 18.0 Å². The number of hydrogen-bond acceptors (Lipinski definition) is 4. The third-order valence-corrected chi connectivity index (χ3v) is 4.82. The molecule has 0 rings (SSSR count). The second-order valence-corrected chi connectivity index (χ2v) is 7.13. The van der Waals surface area contributed by atoms with E-state index in [0.717, 1.165) is 12.8 Å². The molecule has 0 aromatic carbocycles. The second-order valence-electron chi connectivity index (χ2n) is 4.80. The van der Waals surface area contributed by atoms with E-state index in [1.165, 1.54) is 44.9 Å². The maximum absolute atomic E-state index is 11.1. The molecule has 0 spiro atoms. The lowest BCUT2D eigenvalue weighted by Gasteiger charge is -2.05. The van der Waals surface area contributed by atoms with Crippen molar-refractivity contribution in [2.45, 2.75) is 71.1 Å². The third kappa shape index (κ3) is 14.6. The van der Waals surface area contributed by atoms with Gasteiger partial charge in [-0.2, -0.15) is 0 Å². The molecule has 6 nitrogen and oxygen atoms in total. The molecule has 2 atom stereocenters. The Bertz CT molecular complexity index is 298. The Kier molecular flexibility index (Phi) is 13.0. The molecule has 20 heavy (non-hydrogen) atoms. The van der Waals surface area contributed by atoms with Gasteiger partial charge in [-0.05, 0) is 10.7 Å². The molecule has 0 heterocycles. The van der Waals surface area contributed by atoms with Crippen LogP contribution in [0.3, 0.4) is 0 Å². The van der Waals surface area contributed by atoms with E-state index in [2.05, 4.69) is 15.8 Å². The van der Waals surface area contributed by atoms with Crippen LogP contribution in [0.2, 0.25) is 0 Å². The number of phosphoric acid groups is 1. The molecule has 120 valence electrons. The third-order valence-electron chi connectivity index (χ3n) is 2.93. The fourth-order valence-electron chi connectivity index (χ4n) is 1.88. The number of hydrogen-bond donors (Lipinski definition) is 2. The predicted octanol–water partition coefficient (Wildman–Crippen LogP) is 4.69. The average molecular weight is 329 g/mol. The molecule has 2 N–H and O–H groups in total. The molecule has 0 radical (unpaired) electrons. The van der Waals surface area contributed by atoms with Gasteiger partial charge in [-0.15, -0.1) is 4.89 Å². The number of rotatable bonds is 14. The van der Waals surface area contributed by atoms with Crippen molar-refractivity contribution in [3.05, 3.63) is 0 Å². The Morgan fingerprint density at radius 2 is 1.40 bits per heavy atom. The molecule has 0 aliphatic heterocycles. The molecule has 0 aliphatic rings. The molecule has 0 aromatic rings. The SMILES string of the molecule is CCCCCCCCCCCCOP(=O)(O)O[P+](=O)O. The lowest BCUT2D eigenvalue weighted by atomic mass is 10.1. The van der Waals surface area contributed by atoms with Crippen molar-refractivity contribution in [3.63, 3.8) is 0 Å². The van der Waals surface area contributed by atoms with Crippen molar-refractivity contribution < 1.29 is 27.8 Å². The monoisotopic (exact) mass is 329 g/mol. The van der Waals surface area contributed by atoms with Crippen LogP contribution in [0, 0.1) is 0 Å². The van der Waals surface area contributed by atoms with Crippen LogP contribution in [0.1, 0.15) is 71.1 Å². The molecule has 0 saturated carbocycles. The van der Waals surface area contributed by atoms with E-state index in [9.17, 15) is 9.13 Å². The van der Waals surface area contributed by atoms with Crippen LogP contribution in [0.25, 0.3) is 0 Å². The number of unbranched alkanes of at least 4 members (excludes halogenated alkanes) is 9. The van der Waals surface area contributed by atoms with Crippen molar-refractivity contribution in [1.82, 2.24) is 0 Å². The Morgan fingerprint density at radius 3 is 1.85 bits per heavy atom. The summed E-state index contributed by atoms with van der Waals surface area (Å²) in [5, 5.41) is 0. The molecule has 2 unspecified atom stereocenters. The van der Waals surface area contributed by atoms with Gasteiger partial charge in [0.1, 0.15) is 0 Å². The summed E-state index contributed by atoms with van der Waals surface area (Å²) in [7, 11) is -7.48. The first-order valence-electron chi connectivity index (χ1n) is 7.31. The van der Waals surface area contributed by atoms with E-state index >= 15 is 0 Å². The van der Waals surface area contributed by atoms with Gasteiger partial charge in [0, 0.05) is 4.57 Å². The van der Waals surface area contributed by atoms with E-state index in [-0.39, 0.29) is 6.61 Å². The molecular weight excluding hydrogens is 302 g/mol. The molecule has 8 heteroatoms. The lowest BCUT2D eigenvalue weighted by Crippen LogP contribution is -1.94. The zero-order valence-electron chi connectivity index (χ0n) is 12.2. The Hall–Kier alpha value is 0.170. The highest BCUT2D eigenvalue weighted by atomic mass is 31.2. The predicted molar refractivity (Wildman–Crippen MR) is 78.5 cm³/mol. The first-order chi connectivity index (χ1) is 9.48. The van der Waals surface area contributed by atoms with Crippen molar-refractivity contribution in [1.29, 1.82) is 0 Å². The quantitative estimate of drug-likeness (QED) is 0.355. The normalized spacial score (nSPS) is 15.1. The molecule has 0 bridgehead atoms. The van der Waals surface area contributed by atoms with E-state index in [4.69, 9.17) is 9.79 Å². The topological polar surface area (TPSA) is 93.1 Å². The highest BCUT2D eigenvalue weighted by Crippen LogP contribution is 2.50. The van der Waals surface area contributed by atoms with Gasteiger partial charge < -0.3 is 0 Å².